The Bertz CT molecular complexity index is 621. The van der Waals surface area contributed by atoms with E-state index in [1.54, 1.807) is 4.90 Å². The Morgan fingerprint density at radius 1 is 1.11 bits per heavy atom. The number of nitrogens with zero attached hydrogens (tertiary/aromatic N) is 1. The molecule has 0 aromatic heterocycles. The van der Waals surface area contributed by atoms with Gasteiger partial charge in [-0.15, -0.1) is 0 Å². The first-order valence-electron chi connectivity index (χ1n) is 6.26. The summed E-state index contributed by atoms with van der Waals surface area (Å²) in [5.41, 5.74) is 3.56. The normalized spacial score (nSPS) is 17.7. The van der Waals surface area contributed by atoms with Crippen molar-refractivity contribution in [2.75, 3.05) is 0 Å². The number of amides is 1. The van der Waals surface area contributed by atoms with E-state index in [1.807, 2.05) is 55.5 Å². The smallest absolute Gasteiger partial charge is 0.256 e. The van der Waals surface area contributed by atoms with Gasteiger partial charge >= 0.3 is 0 Å². The van der Waals surface area contributed by atoms with E-state index in [9.17, 15) is 4.79 Å². The Morgan fingerprint density at radius 3 is 2.47 bits per heavy atom. The number of hydrogen-bond donors (Lipinski definition) is 0. The first kappa shape index (κ1) is 12.2. The second kappa shape index (κ2) is 4.71. The molecule has 1 amide bonds. The third kappa shape index (κ3) is 2.13. The summed E-state index contributed by atoms with van der Waals surface area (Å²) in [5.74, 6) is 0.0103. The lowest BCUT2D eigenvalue weighted by atomic mass is 10.1. The van der Waals surface area contributed by atoms with Crippen LogP contribution in [-0.2, 0) is 6.54 Å². The van der Waals surface area contributed by atoms with Gasteiger partial charge in [0.05, 0.1) is 0 Å². The van der Waals surface area contributed by atoms with Gasteiger partial charge in [-0.05, 0) is 18.6 Å². The van der Waals surface area contributed by atoms with Gasteiger partial charge < -0.3 is 4.90 Å². The second-order valence-electron chi connectivity index (χ2n) is 4.84. The van der Waals surface area contributed by atoms with Gasteiger partial charge in [0.15, 0.2) is 0 Å². The summed E-state index contributed by atoms with van der Waals surface area (Å²) in [5, 5.41) is 0. The van der Waals surface area contributed by atoms with E-state index < -0.39 is 0 Å². The average molecular weight is 272 g/mol. The highest BCUT2D eigenvalue weighted by Crippen LogP contribution is 2.37. The van der Waals surface area contributed by atoms with Gasteiger partial charge in [0, 0.05) is 17.7 Å². The molecular weight excluding hydrogens is 258 g/mol. The first-order chi connectivity index (χ1) is 9.16. The van der Waals surface area contributed by atoms with Gasteiger partial charge in [0.25, 0.3) is 5.91 Å². The molecular formula is C16H14ClNO. The fourth-order valence-electron chi connectivity index (χ4n) is 2.37. The van der Waals surface area contributed by atoms with E-state index in [0.717, 1.165) is 16.7 Å². The molecule has 1 atom stereocenters. The Kier molecular flexibility index (Phi) is 3.03. The number of rotatable bonds is 2. The molecule has 0 radical (unpaired) electrons. The zero-order chi connectivity index (χ0) is 13.4. The summed E-state index contributed by atoms with van der Waals surface area (Å²) in [6, 6.07) is 15.7. The minimum atomic E-state index is -0.370. The van der Waals surface area contributed by atoms with Gasteiger partial charge in [-0.1, -0.05) is 59.6 Å². The SMILES string of the molecule is Cc1ccc(CN2C(=O)c3ccccc3C2Cl)cc1. The fourth-order valence-corrected chi connectivity index (χ4v) is 2.72. The number of aryl methyl sites for hydroxylation is 1. The van der Waals surface area contributed by atoms with Crippen LogP contribution in [0.25, 0.3) is 0 Å². The molecule has 2 aromatic rings. The molecule has 0 aliphatic carbocycles. The standard InChI is InChI=1S/C16H14ClNO/c1-11-6-8-12(9-7-11)10-18-15(17)13-4-2-3-5-14(13)16(18)19/h2-9,15H,10H2,1H3. The molecule has 1 aliphatic rings. The maximum absolute atomic E-state index is 12.3. The van der Waals surface area contributed by atoms with Crippen LogP contribution in [0.3, 0.4) is 0 Å². The molecule has 0 spiro atoms. The number of benzene rings is 2. The quantitative estimate of drug-likeness (QED) is 0.599. The third-order valence-electron chi connectivity index (χ3n) is 3.46. The van der Waals surface area contributed by atoms with Crippen molar-refractivity contribution in [1.82, 2.24) is 4.90 Å². The Hall–Kier alpha value is -1.80. The molecule has 0 fully saturated rings. The predicted molar refractivity (Wildman–Crippen MR) is 76.1 cm³/mol. The third-order valence-corrected chi connectivity index (χ3v) is 3.93. The molecule has 2 nitrogen and oxygen atoms in total. The lowest BCUT2D eigenvalue weighted by Gasteiger charge is -2.20. The number of halogens is 1. The lowest BCUT2D eigenvalue weighted by molar-refractivity contribution is 0.0758. The van der Waals surface area contributed by atoms with Crippen LogP contribution in [0.2, 0.25) is 0 Å². The van der Waals surface area contributed by atoms with Gasteiger partial charge in [-0.25, -0.2) is 0 Å². The molecule has 0 N–H and O–H groups in total. The van der Waals surface area contributed by atoms with Gasteiger partial charge in [0.2, 0.25) is 0 Å². The molecule has 0 saturated carbocycles. The minimum absolute atomic E-state index is 0.0103. The van der Waals surface area contributed by atoms with E-state index in [0.29, 0.717) is 6.54 Å². The minimum Gasteiger partial charge on any atom is -0.314 e. The van der Waals surface area contributed by atoms with Crippen LogP contribution in [0.5, 0.6) is 0 Å². The highest BCUT2D eigenvalue weighted by molar-refractivity contribution is 6.24. The summed E-state index contributed by atoms with van der Waals surface area (Å²) in [6.07, 6.45) is 0. The van der Waals surface area contributed by atoms with Crippen molar-refractivity contribution >= 4 is 17.5 Å². The monoisotopic (exact) mass is 271 g/mol. The first-order valence-corrected chi connectivity index (χ1v) is 6.70. The van der Waals surface area contributed by atoms with Crippen LogP contribution < -0.4 is 0 Å². The number of carbonyl (C=O) groups is 1. The van der Waals surface area contributed by atoms with Crippen molar-refractivity contribution in [2.24, 2.45) is 0 Å². The zero-order valence-electron chi connectivity index (χ0n) is 10.6. The van der Waals surface area contributed by atoms with Crippen LogP contribution in [0.4, 0.5) is 0 Å². The molecule has 2 aromatic carbocycles. The van der Waals surface area contributed by atoms with Gasteiger partial charge in [-0.3, -0.25) is 4.79 Å². The molecule has 19 heavy (non-hydrogen) atoms. The summed E-state index contributed by atoms with van der Waals surface area (Å²) in [4.78, 5) is 14.0. The van der Waals surface area contributed by atoms with Crippen LogP contribution in [0.1, 0.15) is 32.5 Å². The molecule has 1 heterocycles. The lowest BCUT2D eigenvalue weighted by Crippen LogP contribution is -2.25. The molecule has 96 valence electrons. The van der Waals surface area contributed by atoms with E-state index in [-0.39, 0.29) is 11.4 Å². The summed E-state index contributed by atoms with van der Waals surface area (Å²) < 4.78 is 0. The maximum Gasteiger partial charge on any atom is 0.256 e. The van der Waals surface area contributed by atoms with Crippen molar-refractivity contribution in [3.05, 3.63) is 70.8 Å². The fraction of sp³-hybridized carbons (Fsp3) is 0.188. The van der Waals surface area contributed by atoms with Crippen LogP contribution >= 0.6 is 11.6 Å². The molecule has 1 unspecified atom stereocenters. The topological polar surface area (TPSA) is 20.3 Å². The van der Waals surface area contributed by atoms with Gasteiger partial charge in [0.1, 0.15) is 5.50 Å². The number of fused-ring (bicyclic) bond motifs is 1. The van der Waals surface area contributed by atoms with Crippen molar-refractivity contribution in [2.45, 2.75) is 19.0 Å². The van der Waals surface area contributed by atoms with Crippen molar-refractivity contribution in [3.8, 4) is 0 Å². The molecule has 0 saturated heterocycles. The summed E-state index contributed by atoms with van der Waals surface area (Å²) >= 11 is 6.39. The van der Waals surface area contributed by atoms with Crippen molar-refractivity contribution < 1.29 is 4.79 Å². The number of alkyl halides is 1. The summed E-state index contributed by atoms with van der Waals surface area (Å²) in [6.45, 7) is 2.59. The highest BCUT2D eigenvalue weighted by Gasteiger charge is 2.34. The largest absolute Gasteiger partial charge is 0.314 e. The van der Waals surface area contributed by atoms with Crippen molar-refractivity contribution in [1.29, 1.82) is 0 Å². The molecule has 0 bridgehead atoms. The van der Waals surface area contributed by atoms with E-state index in [1.165, 1.54) is 5.56 Å². The molecule has 3 heteroatoms. The van der Waals surface area contributed by atoms with E-state index in [4.69, 9.17) is 11.6 Å². The Morgan fingerprint density at radius 2 is 1.79 bits per heavy atom. The molecule has 1 aliphatic heterocycles. The van der Waals surface area contributed by atoms with Crippen LogP contribution in [0.15, 0.2) is 48.5 Å². The average Bonchev–Trinajstić information content (AvgIpc) is 2.67. The number of carbonyl (C=O) groups excluding carboxylic acids is 1. The highest BCUT2D eigenvalue weighted by atomic mass is 35.5. The van der Waals surface area contributed by atoms with E-state index in [2.05, 4.69) is 0 Å². The van der Waals surface area contributed by atoms with Crippen molar-refractivity contribution in [3.63, 3.8) is 0 Å². The maximum atomic E-state index is 12.3. The van der Waals surface area contributed by atoms with Crippen LogP contribution in [0, 0.1) is 6.92 Å². The van der Waals surface area contributed by atoms with E-state index >= 15 is 0 Å². The predicted octanol–water partition coefficient (Wildman–Crippen LogP) is 3.89. The summed E-state index contributed by atoms with van der Waals surface area (Å²) in [7, 11) is 0. The zero-order valence-corrected chi connectivity index (χ0v) is 11.4. The second-order valence-corrected chi connectivity index (χ2v) is 5.26. The molecule has 3 rings (SSSR count). The Balaban J connectivity index is 1.88. The Labute approximate surface area is 117 Å². The number of hydrogen-bond acceptors (Lipinski definition) is 1. The van der Waals surface area contributed by atoms with Gasteiger partial charge in [-0.2, -0.15) is 0 Å². The van der Waals surface area contributed by atoms with Crippen LogP contribution in [-0.4, -0.2) is 10.8 Å².